The molecule has 1 heterocycles. The van der Waals surface area contributed by atoms with E-state index < -0.39 is 22.2 Å². The van der Waals surface area contributed by atoms with E-state index in [-0.39, 0.29) is 12.6 Å². The van der Waals surface area contributed by atoms with Gasteiger partial charge < -0.3 is 15.2 Å². The number of nitrogens with one attached hydrogen (secondary N) is 2. The second-order valence-corrected chi connectivity index (χ2v) is 6.79. The SMILES string of the molecule is CS(=O)(=O)NC[C@H]1OC[C@@H](NCc2ccccc2)[C@@H]1O. The van der Waals surface area contributed by atoms with Crippen molar-refractivity contribution < 1.29 is 18.3 Å². The maximum atomic E-state index is 11.0. The van der Waals surface area contributed by atoms with Crippen LogP contribution in [0.4, 0.5) is 0 Å². The van der Waals surface area contributed by atoms with Crippen molar-refractivity contribution in [2.75, 3.05) is 19.4 Å². The molecule has 2 rings (SSSR count). The molecular weight excluding hydrogens is 280 g/mol. The van der Waals surface area contributed by atoms with Gasteiger partial charge in [-0.3, -0.25) is 0 Å². The van der Waals surface area contributed by atoms with E-state index >= 15 is 0 Å². The molecule has 0 unspecified atom stereocenters. The van der Waals surface area contributed by atoms with Gasteiger partial charge in [0.1, 0.15) is 0 Å². The molecule has 112 valence electrons. The summed E-state index contributed by atoms with van der Waals surface area (Å²) in [6.45, 7) is 1.09. The number of sulfonamides is 1. The van der Waals surface area contributed by atoms with Gasteiger partial charge in [0.05, 0.1) is 31.1 Å². The molecule has 20 heavy (non-hydrogen) atoms. The van der Waals surface area contributed by atoms with Gasteiger partial charge in [-0.15, -0.1) is 0 Å². The molecule has 1 fully saturated rings. The number of benzene rings is 1. The smallest absolute Gasteiger partial charge is 0.208 e. The molecule has 3 N–H and O–H groups in total. The molecule has 0 amide bonds. The molecule has 0 bridgehead atoms. The highest BCUT2D eigenvalue weighted by Gasteiger charge is 2.35. The van der Waals surface area contributed by atoms with Crippen LogP contribution in [0.5, 0.6) is 0 Å². The Morgan fingerprint density at radius 1 is 1.35 bits per heavy atom. The van der Waals surface area contributed by atoms with E-state index in [1.807, 2.05) is 30.3 Å². The number of aliphatic hydroxyl groups excluding tert-OH is 1. The van der Waals surface area contributed by atoms with Crippen molar-refractivity contribution in [3.05, 3.63) is 35.9 Å². The fraction of sp³-hybridized carbons (Fsp3) is 0.538. The molecule has 7 heteroatoms. The number of rotatable bonds is 6. The quantitative estimate of drug-likeness (QED) is 0.656. The van der Waals surface area contributed by atoms with E-state index in [9.17, 15) is 13.5 Å². The van der Waals surface area contributed by atoms with Crippen molar-refractivity contribution in [3.63, 3.8) is 0 Å². The van der Waals surface area contributed by atoms with E-state index in [2.05, 4.69) is 10.0 Å². The standard InChI is InChI=1S/C13H20N2O4S/c1-20(17,18)15-8-12-13(16)11(9-19-12)14-7-10-5-3-2-4-6-10/h2-6,11-16H,7-9H2,1H3/t11-,12-,13+/m1/s1. The summed E-state index contributed by atoms with van der Waals surface area (Å²) >= 11 is 0. The van der Waals surface area contributed by atoms with Crippen molar-refractivity contribution in [3.8, 4) is 0 Å². The van der Waals surface area contributed by atoms with Gasteiger partial charge in [0.2, 0.25) is 10.0 Å². The Kier molecular flexibility index (Phi) is 5.11. The highest BCUT2D eigenvalue weighted by atomic mass is 32.2. The van der Waals surface area contributed by atoms with Crippen LogP contribution in [0.15, 0.2) is 30.3 Å². The predicted molar refractivity (Wildman–Crippen MR) is 75.7 cm³/mol. The Labute approximate surface area is 119 Å². The lowest BCUT2D eigenvalue weighted by Crippen LogP contribution is -2.44. The number of hydrogen-bond donors (Lipinski definition) is 3. The normalized spacial score (nSPS) is 26.8. The van der Waals surface area contributed by atoms with Crippen molar-refractivity contribution in [1.82, 2.24) is 10.0 Å². The minimum atomic E-state index is -3.27. The summed E-state index contributed by atoms with van der Waals surface area (Å²) in [4.78, 5) is 0. The second-order valence-electron chi connectivity index (χ2n) is 4.96. The van der Waals surface area contributed by atoms with Crippen LogP contribution >= 0.6 is 0 Å². The largest absolute Gasteiger partial charge is 0.389 e. The Hall–Kier alpha value is -0.990. The van der Waals surface area contributed by atoms with Gasteiger partial charge in [0.15, 0.2) is 0 Å². The van der Waals surface area contributed by atoms with E-state index in [1.54, 1.807) is 0 Å². The third-order valence-electron chi connectivity index (χ3n) is 3.24. The number of ether oxygens (including phenoxy) is 1. The molecule has 1 saturated heterocycles. The Balaban J connectivity index is 1.80. The average Bonchev–Trinajstić information content (AvgIpc) is 2.75. The fourth-order valence-electron chi connectivity index (χ4n) is 2.12. The van der Waals surface area contributed by atoms with Gasteiger partial charge >= 0.3 is 0 Å². The summed E-state index contributed by atoms with van der Waals surface area (Å²) in [5.74, 6) is 0. The molecule has 0 aliphatic carbocycles. The molecule has 1 aromatic carbocycles. The first-order valence-corrected chi connectivity index (χ1v) is 8.36. The molecule has 0 radical (unpaired) electrons. The zero-order chi connectivity index (χ0) is 14.6. The molecule has 1 aliphatic rings. The van der Waals surface area contributed by atoms with E-state index in [4.69, 9.17) is 4.74 Å². The van der Waals surface area contributed by atoms with Crippen LogP contribution in [0.3, 0.4) is 0 Å². The summed E-state index contributed by atoms with van der Waals surface area (Å²) in [5.41, 5.74) is 1.12. The summed E-state index contributed by atoms with van der Waals surface area (Å²) in [6, 6.07) is 9.66. The summed E-state index contributed by atoms with van der Waals surface area (Å²) < 4.78 is 29.8. The second kappa shape index (κ2) is 6.64. The Bertz CT molecular complexity index is 520. The van der Waals surface area contributed by atoms with Gasteiger partial charge in [-0.05, 0) is 5.56 Å². The van der Waals surface area contributed by atoms with Crippen molar-refractivity contribution in [2.24, 2.45) is 0 Å². The topological polar surface area (TPSA) is 87.7 Å². The molecule has 1 aromatic rings. The number of hydrogen-bond acceptors (Lipinski definition) is 5. The van der Waals surface area contributed by atoms with Gasteiger partial charge in [-0.2, -0.15) is 0 Å². The molecule has 0 aromatic heterocycles. The third kappa shape index (κ3) is 4.53. The van der Waals surface area contributed by atoms with Crippen molar-refractivity contribution in [1.29, 1.82) is 0 Å². The highest BCUT2D eigenvalue weighted by molar-refractivity contribution is 7.88. The summed E-state index contributed by atoms with van der Waals surface area (Å²) in [7, 11) is -3.27. The first-order valence-electron chi connectivity index (χ1n) is 6.47. The zero-order valence-corrected chi connectivity index (χ0v) is 12.1. The molecule has 6 nitrogen and oxygen atoms in total. The van der Waals surface area contributed by atoms with Crippen LogP contribution in [0.25, 0.3) is 0 Å². The first kappa shape index (κ1) is 15.4. The van der Waals surface area contributed by atoms with Gasteiger partial charge in [-0.25, -0.2) is 13.1 Å². The monoisotopic (exact) mass is 300 g/mol. The number of aliphatic hydroxyl groups is 1. The lowest BCUT2D eigenvalue weighted by atomic mass is 10.1. The minimum absolute atomic E-state index is 0.0868. The van der Waals surface area contributed by atoms with Crippen LogP contribution in [0.2, 0.25) is 0 Å². The highest BCUT2D eigenvalue weighted by Crippen LogP contribution is 2.14. The third-order valence-corrected chi connectivity index (χ3v) is 3.93. The average molecular weight is 300 g/mol. The lowest BCUT2D eigenvalue weighted by molar-refractivity contribution is 0.0444. The summed E-state index contributed by atoms with van der Waals surface area (Å²) in [5, 5.41) is 13.3. The summed E-state index contributed by atoms with van der Waals surface area (Å²) in [6.07, 6.45) is -0.162. The Morgan fingerprint density at radius 2 is 2.05 bits per heavy atom. The molecule has 0 saturated carbocycles. The lowest BCUT2D eigenvalue weighted by Gasteiger charge is -2.18. The maximum absolute atomic E-state index is 11.0. The van der Waals surface area contributed by atoms with E-state index in [1.165, 1.54) is 0 Å². The fourth-order valence-corrected chi connectivity index (χ4v) is 2.59. The molecular formula is C13H20N2O4S. The van der Waals surface area contributed by atoms with Crippen molar-refractivity contribution in [2.45, 2.75) is 24.8 Å². The zero-order valence-electron chi connectivity index (χ0n) is 11.3. The van der Waals surface area contributed by atoms with Gasteiger partial charge in [-0.1, -0.05) is 30.3 Å². The van der Waals surface area contributed by atoms with Crippen LogP contribution in [0.1, 0.15) is 5.56 Å². The first-order chi connectivity index (χ1) is 9.46. The van der Waals surface area contributed by atoms with Crippen LogP contribution < -0.4 is 10.0 Å². The van der Waals surface area contributed by atoms with Crippen LogP contribution in [-0.4, -0.2) is 51.2 Å². The van der Waals surface area contributed by atoms with Crippen molar-refractivity contribution >= 4 is 10.0 Å². The van der Waals surface area contributed by atoms with Crippen LogP contribution in [0, 0.1) is 0 Å². The van der Waals surface area contributed by atoms with E-state index in [0.29, 0.717) is 13.2 Å². The van der Waals surface area contributed by atoms with Crippen LogP contribution in [-0.2, 0) is 21.3 Å². The van der Waals surface area contributed by atoms with Gasteiger partial charge in [0.25, 0.3) is 0 Å². The molecule has 3 atom stereocenters. The predicted octanol–water partition coefficient (Wildman–Crippen LogP) is -0.546. The maximum Gasteiger partial charge on any atom is 0.208 e. The Morgan fingerprint density at radius 3 is 2.70 bits per heavy atom. The molecule has 1 aliphatic heterocycles. The molecule has 0 spiro atoms. The van der Waals surface area contributed by atoms with E-state index in [0.717, 1.165) is 11.8 Å². The minimum Gasteiger partial charge on any atom is -0.389 e. The van der Waals surface area contributed by atoms with Gasteiger partial charge in [0, 0.05) is 13.1 Å².